The van der Waals surface area contributed by atoms with E-state index in [2.05, 4.69) is 22.8 Å². The van der Waals surface area contributed by atoms with Gasteiger partial charge in [0.05, 0.1) is 12.3 Å². The normalized spacial score (nSPS) is 11.3. The summed E-state index contributed by atoms with van der Waals surface area (Å²) < 4.78 is 0. The van der Waals surface area contributed by atoms with Gasteiger partial charge in [0.2, 0.25) is 0 Å². The Morgan fingerprint density at radius 2 is 1.85 bits per heavy atom. The number of nitrogens with zero attached hydrogens (tertiary/aromatic N) is 1. The molecule has 0 heterocycles. The Hall–Kier alpha value is -2.33. The lowest BCUT2D eigenvalue weighted by atomic mass is 10.0. The quantitative estimate of drug-likeness (QED) is 0.363. The fraction of sp³-hybridized carbons (Fsp3) is 0.333. The smallest absolute Gasteiger partial charge is 0.259 e. The molecule has 138 valence electrons. The van der Waals surface area contributed by atoms with Gasteiger partial charge in [-0.1, -0.05) is 67.8 Å². The van der Waals surface area contributed by atoms with Crippen LogP contribution in [0.5, 0.6) is 0 Å². The number of amides is 1. The van der Waals surface area contributed by atoms with Gasteiger partial charge in [-0.2, -0.15) is 5.10 Å². The van der Waals surface area contributed by atoms with E-state index in [0.717, 1.165) is 48.2 Å². The Labute approximate surface area is 160 Å². The van der Waals surface area contributed by atoms with E-state index < -0.39 is 0 Å². The van der Waals surface area contributed by atoms with Crippen LogP contribution in [0.25, 0.3) is 0 Å². The SMILES string of the molecule is CCCCCC(=NNC(=O)CNc1cccc(Cl)c1C)c1ccccc1. The van der Waals surface area contributed by atoms with Crippen molar-refractivity contribution in [1.82, 2.24) is 5.43 Å². The van der Waals surface area contributed by atoms with Crippen molar-refractivity contribution in [2.24, 2.45) is 5.10 Å². The second-order valence-electron chi connectivity index (χ2n) is 6.18. The van der Waals surface area contributed by atoms with Crippen LogP contribution in [0.3, 0.4) is 0 Å². The lowest BCUT2D eigenvalue weighted by Gasteiger charge is -2.10. The van der Waals surface area contributed by atoms with Crippen LogP contribution in [0.15, 0.2) is 53.6 Å². The number of hydrogen-bond acceptors (Lipinski definition) is 3. The fourth-order valence-corrected chi connectivity index (χ4v) is 2.76. The molecule has 4 nitrogen and oxygen atoms in total. The van der Waals surface area contributed by atoms with Crippen molar-refractivity contribution in [1.29, 1.82) is 0 Å². The van der Waals surface area contributed by atoms with Crippen molar-refractivity contribution >= 4 is 28.9 Å². The maximum atomic E-state index is 12.2. The van der Waals surface area contributed by atoms with Gasteiger partial charge in [0.1, 0.15) is 0 Å². The van der Waals surface area contributed by atoms with Gasteiger partial charge in [-0.3, -0.25) is 4.79 Å². The predicted molar refractivity (Wildman–Crippen MR) is 110 cm³/mol. The number of nitrogens with one attached hydrogen (secondary N) is 2. The summed E-state index contributed by atoms with van der Waals surface area (Å²) in [6.45, 7) is 4.23. The van der Waals surface area contributed by atoms with Gasteiger partial charge in [-0.25, -0.2) is 5.43 Å². The van der Waals surface area contributed by atoms with E-state index in [0.29, 0.717) is 5.02 Å². The zero-order valence-electron chi connectivity index (χ0n) is 15.4. The first-order valence-electron chi connectivity index (χ1n) is 9.01. The molecule has 2 N–H and O–H groups in total. The number of halogens is 1. The maximum absolute atomic E-state index is 12.2. The van der Waals surface area contributed by atoms with Crippen LogP contribution in [0.2, 0.25) is 5.02 Å². The molecule has 0 radical (unpaired) electrons. The molecule has 0 aliphatic rings. The molecule has 2 aromatic carbocycles. The highest BCUT2D eigenvalue weighted by atomic mass is 35.5. The van der Waals surface area contributed by atoms with Gasteiger partial charge in [-0.15, -0.1) is 0 Å². The monoisotopic (exact) mass is 371 g/mol. The van der Waals surface area contributed by atoms with Crippen LogP contribution in [0.4, 0.5) is 5.69 Å². The van der Waals surface area contributed by atoms with E-state index >= 15 is 0 Å². The molecular formula is C21H26ClN3O. The number of benzene rings is 2. The number of unbranched alkanes of at least 4 members (excludes halogenated alkanes) is 2. The summed E-state index contributed by atoms with van der Waals surface area (Å²) in [5.74, 6) is -0.187. The number of carbonyl (C=O) groups is 1. The fourth-order valence-electron chi connectivity index (χ4n) is 2.58. The topological polar surface area (TPSA) is 53.5 Å². The van der Waals surface area contributed by atoms with E-state index in [-0.39, 0.29) is 12.5 Å². The van der Waals surface area contributed by atoms with Crippen molar-refractivity contribution in [3.63, 3.8) is 0 Å². The molecular weight excluding hydrogens is 346 g/mol. The molecule has 0 saturated carbocycles. The molecule has 0 aliphatic heterocycles. The molecule has 2 aromatic rings. The predicted octanol–water partition coefficient (Wildman–Crippen LogP) is 5.16. The maximum Gasteiger partial charge on any atom is 0.259 e. The minimum absolute atomic E-state index is 0.141. The Balaban J connectivity index is 1.96. The first-order valence-corrected chi connectivity index (χ1v) is 9.39. The zero-order chi connectivity index (χ0) is 18.8. The van der Waals surface area contributed by atoms with Crippen molar-refractivity contribution in [3.05, 3.63) is 64.7 Å². The lowest BCUT2D eigenvalue weighted by Crippen LogP contribution is -2.27. The zero-order valence-corrected chi connectivity index (χ0v) is 16.1. The molecule has 0 atom stereocenters. The number of anilines is 1. The second kappa shape index (κ2) is 10.6. The lowest BCUT2D eigenvalue weighted by molar-refractivity contribution is -0.119. The average molecular weight is 372 g/mol. The Kier molecular flexibility index (Phi) is 8.16. The standard InChI is InChI=1S/C21H26ClN3O/c1-3-4-6-13-20(17-10-7-5-8-11-17)24-25-21(26)15-23-19-14-9-12-18(22)16(19)2/h5,7-12,14,23H,3-4,6,13,15H2,1-2H3,(H,25,26). The molecule has 5 heteroatoms. The summed E-state index contributed by atoms with van der Waals surface area (Å²) in [5.41, 5.74) is 6.39. The minimum Gasteiger partial charge on any atom is -0.376 e. The third-order valence-corrected chi connectivity index (χ3v) is 4.56. The largest absolute Gasteiger partial charge is 0.376 e. The summed E-state index contributed by atoms with van der Waals surface area (Å²) in [6.07, 6.45) is 4.20. The Morgan fingerprint density at radius 1 is 1.08 bits per heavy atom. The molecule has 0 bridgehead atoms. The van der Waals surface area contributed by atoms with E-state index in [1.54, 1.807) is 0 Å². The molecule has 0 fully saturated rings. The third kappa shape index (κ3) is 6.19. The molecule has 0 aromatic heterocycles. The first-order chi connectivity index (χ1) is 12.6. The number of rotatable bonds is 9. The van der Waals surface area contributed by atoms with Gasteiger partial charge >= 0.3 is 0 Å². The highest BCUT2D eigenvalue weighted by molar-refractivity contribution is 6.31. The Morgan fingerprint density at radius 3 is 2.58 bits per heavy atom. The van der Waals surface area contributed by atoms with Gasteiger partial charge in [0.25, 0.3) is 5.91 Å². The van der Waals surface area contributed by atoms with Crippen LogP contribution >= 0.6 is 11.6 Å². The van der Waals surface area contributed by atoms with Crippen LogP contribution in [0, 0.1) is 6.92 Å². The van der Waals surface area contributed by atoms with E-state index in [1.807, 2.05) is 55.5 Å². The summed E-state index contributed by atoms with van der Waals surface area (Å²) >= 11 is 6.10. The summed E-state index contributed by atoms with van der Waals surface area (Å²) in [7, 11) is 0. The number of hydrazone groups is 1. The minimum atomic E-state index is -0.187. The summed E-state index contributed by atoms with van der Waals surface area (Å²) in [5, 5.41) is 8.15. The summed E-state index contributed by atoms with van der Waals surface area (Å²) in [4.78, 5) is 12.2. The van der Waals surface area contributed by atoms with Gasteiger partial charge in [0, 0.05) is 10.7 Å². The highest BCUT2D eigenvalue weighted by Gasteiger charge is 2.07. The van der Waals surface area contributed by atoms with Crippen molar-refractivity contribution in [2.45, 2.75) is 39.5 Å². The number of carbonyl (C=O) groups excluding carboxylic acids is 1. The van der Waals surface area contributed by atoms with Crippen molar-refractivity contribution < 1.29 is 4.79 Å². The van der Waals surface area contributed by atoms with Crippen molar-refractivity contribution in [3.8, 4) is 0 Å². The van der Waals surface area contributed by atoms with Crippen LogP contribution in [-0.2, 0) is 4.79 Å². The molecule has 1 amide bonds. The van der Waals surface area contributed by atoms with E-state index in [1.165, 1.54) is 0 Å². The molecule has 2 rings (SSSR count). The van der Waals surface area contributed by atoms with Crippen LogP contribution in [0.1, 0.15) is 43.7 Å². The van der Waals surface area contributed by atoms with Crippen LogP contribution < -0.4 is 10.7 Å². The molecule has 26 heavy (non-hydrogen) atoms. The van der Waals surface area contributed by atoms with Gasteiger partial charge in [0.15, 0.2) is 0 Å². The summed E-state index contributed by atoms with van der Waals surface area (Å²) in [6, 6.07) is 15.6. The van der Waals surface area contributed by atoms with Crippen LogP contribution in [-0.4, -0.2) is 18.2 Å². The Bertz CT molecular complexity index is 744. The third-order valence-electron chi connectivity index (χ3n) is 4.15. The van der Waals surface area contributed by atoms with Gasteiger partial charge < -0.3 is 5.32 Å². The van der Waals surface area contributed by atoms with E-state index in [9.17, 15) is 4.79 Å². The molecule has 0 saturated heterocycles. The van der Waals surface area contributed by atoms with Crippen molar-refractivity contribution in [2.75, 3.05) is 11.9 Å². The first kappa shape index (κ1) is 20.0. The molecule has 0 spiro atoms. The highest BCUT2D eigenvalue weighted by Crippen LogP contribution is 2.22. The second-order valence-corrected chi connectivity index (χ2v) is 6.59. The molecule has 0 unspecified atom stereocenters. The number of hydrogen-bond donors (Lipinski definition) is 2. The molecule has 0 aliphatic carbocycles. The van der Waals surface area contributed by atoms with Gasteiger partial charge in [-0.05, 0) is 43.0 Å². The average Bonchev–Trinajstić information content (AvgIpc) is 2.66. The van der Waals surface area contributed by atoms with E-state index in [4.69, 9.17) is 11.6 Å².